The number of benzene rings is 2. The molecule has 31 heavy (non-hydrogen) atoms. The van der Waals surface area contributed by atoms with Crippen molar-refractivity contribution in [2.75, 3.05) is 20.8 Å². The summed E-state index contributed by atoms with van der Waals surface area (Å²) in [5.41, 5.74) is 0.682. The minimum Gasteiger partial charge on any atom is -0.493 e. The maximum absolute atomic E-state index is 13.3. The maximum Gasteiger partial charge on any atom is 0.251 e. The van der Waals surface area contributed by atoms with E-state index in [0.29, 0.717) is 17.1 Å². The number of nitrogens with one attached hydrogen (secondary N) is 1. The van der Waals surface area contributed by atoms with Crippen molar-refractivity contribution in [2.24, 2.45) is 0 Å². The Balaban J connectivity index is 1.88. The topological polar surface area (TPSA) is 94.6 Å². The highest BCUT2D eigenvalue weighted by molar-refractivity contribution is 7.91. The van der Waals surface area contributed by atoms with Gasteiger partial charge in [0.1, 0.15) is 11.1 Å². The van der Waals surface area contributed by atoms with Gasteiger partial charge in [-0.25, -0.2) is 12.8 Å². The summed E-state index contributed by atoms with van der Waals surface area (Å²) in [6, 6.07) is 12.4. The normalized spacial score (nSPS) is 12.1. The molecule has 0 bridgehead atoms. The Hall–Kier alpha value is -3.46. The van der Waals surface area contributed by atoms with Gasteiger partial charge in [0.2, 0.25) is 0 Å². The summed E-state index contributed by atoms with van der Waals surface area (Å²) in [7, 11) is -1.00. The molecular weight excluding hydrogens is 423 g/mol. The molecule has 1 unspecified atom stereocenters. The Labute approximate surface area is 179 Å². The van der Waals surface area contributed by atoms with Crippen LogP contribution in [0.4, 0.5) is 4.39 Å². The van der Waals surface area contributed by atoms with Gasteiger partial charge in [-0.3, -0.25) is 9.78 Å². The average molecular weight is 444 g/mol. The monoisotopic (exact) mass is 444 g/mol. The van der Waals surface area contributed by atoms with E-state index >= 15 is 0 Å². The van der Waals surface area contributed by atoms with E-state index in [1.54, 1.807) is 24.3 Å². The predicted octanol–water partition coefficient (Wildman–Crippen LogP) is 3.18. The zero-order chi connectivity index (χ0) is 22.4. The number of nitrogens with zero attached hydrogens (tertiary/aromatic N) is 1. The Morgan fingerprint density at radius 1 is 1.06 bits per heavy atom. The zero-order valence-electron chi connectivity index (χ0n) is 16.9. The lowest BCUT2D eigenvalue weighted by molar-refractivity contribution is 0.0953. The van der Waals surface area contributed by atoms with Crippen molar-refractivity contribution in [3.8, 4) is 11.5 Å². The minimum absolute atomic E-state index is 0.0527. The Kier molecular flexibility index (Phi) is 6.86. The van der Waals surface area contributed by atoms with Gasteiger partial charge >= 0.3 is 0 Å². The number of methoxy groups -OCH3 is 2. The van der Waals surface area contributed by atoms with Gasteiger partial charge in [0, 0.05) is 24.5 Å². The summed E-state index contributed by atoms with van der Waals surface area (Å²) in [5.74, 6) is -0.188. The molecule has 0 spiro atoms. The van der Waals surface area contributed by atoms with E-state index in [9.17, 15) is 17.6 Å². The van der Waals surface area contributed by atoms with Gasteiger partial charge in [-0.1, -0.05) is 6.07 Å². The number of hydrogen-bond donors (Lipinski definition) is 1. The van der Waals surface area contributed by atoms with Crippen molar-refractivity contribution in [2.45, 2.75) is 10.1 Å². The van der Waals surface area contributed by atoms with Crippen LogP contribution in [-0.4, -0.2) is 40.1 Å². The van der Waals surface area contributed by atoms with Gasteiger partial charge in [0.15, 0.2) is 21.3 Å². The molecule has 9 heteroatoms. The summed E-state index contributed by atoms with van der Waals surface area (Å²) < 4.78 is 50.1. The van der Waals surface area contributed by atoms with Crippen LogP contribution in [0.3, 0.4) is 0 Å². The molecule has 162 valence electrons. The van der Waals surface area contributed by atoms with Crippen molar-refractivity contribution < 1.29 is 27.1 Å². The van der Waals surface area contributed by atoms with Crippen LogP contribution in [0.5, 0.6) is 11.5 Å². The minimum atomic E-state index is -3.94. The van der Waals surface area contributed by atoms with Gasteiger partial charge in [-0.05, 0) is 54.1 Å². The fourth-order valence-corrected chi connectivity index (χ4v) is 4.67. The van der Waals surface area contributed by atoms with E-state index < -0.39 is 26.8 Å². The number of sulfone groups is 1. The molecule has 1 aromatic heterocycles. The van der Waals surface area contributed by atoms with Crippen molar-refractivity contribution in [3.05, 3.63) is 83.9 Å². The first-order chi connectivity index (χ1) is 14.9. The largest absolute Gasteiger partial charge is 0.493 e. The number of amides is 1. The molecular formula is C22H21FN2O5S. The number of pyridine rings is 1. The molecule has 0 saturated carbocycles. The lowest BCUT2D eigenvalue weighted by Crippen LogP contribution is -2.32. The third kappa shape index (κ3) is 5.00. The summed E-state index contributed by atoms with van der Waals surface area (Å²) in [4.78, 5) is 16.6. The van der Waals surface area contributed by atoms with Crippen LogP contribution in [0.2, 0.25) is 0 Å². The van der Waals surface area contributed by atoms with Crippen molar-refractivity contribution in [1.82, 2.24) is 10.3 Å². The van der Waals surface area contributed by atoms with E-state index in [2.05, 4.69) is 10.3 Å². The van der Waals surface area contributed by atoms with E-state index in [1.165, 1.54) is 44.8 Å². The molecule has 0 fully saturated rings. The molecule has 1 amide bonds. The highest BCUT2D eigenvalue weighted by Gasteiger charge is 2.30. The smallest absolute Gasteiger partial charge is 0.251 e. The first-order valence-corrected chi connectivity index (χ1v) is 10.8. The number of carbonyl (C=O) groups excluding carboxylic acids is 1. The number of carbonyl (C=O) groups is 1. The van der Waals surface area contributed by atoms with Gasteiger partial charge < -0.3 is 14.8 Å². The third-order valence-electron chi connectivity index (χ3n) is 4.67. The second-order valence-corrected chi connectivity index (χ2v) is 8.68. The van der Waals surface area contributed by atoms with E-state index in [1.807, 2.05) is 0 Å². The van der Waals surface area contributed by atoms with Crippen molar-refractivity contribution >= 4 is 15.7 Å². The number of aromatic nitrogens is 1. The average Bonchev–Trinajstić information content (AvgIpc) is 2.79. The Morgan fingerprint density at radius 2 is 1.77 bits per heavy atom. The first-order valence-electron chi connectivity index (χ1n) is 9.26. The van der Waals surface area contributed by atoms with Gasteiger partial charge in [-0.15, -0.1) is 0 Å². The summed E-state index contributed by atoms with van der Waals surface area (Å²) in [5, 5.41) is 1.54. The molecule has 0 aliphatic rings. The lowest BCUT2D eigenvalue weighted by atomic mass is 10.1. The van der Waals surface area contributed by atoms with E-state index in [0.717, 1.165) is 12.1 Å². The molecule has 3 aromatic rings. The molecule has 1 N–H and O–H groups in total. The van der Waals surface area contributed by atoms with E-state index in [-0.39, 0.29) is 17.0 Å². The number of hydrogen-bond acceptors (Lipinski definition) is 6. The summed E-state index contributed by atoms with van der Waals surface area (Å²) >= 11 is 0. The van der Waals surface area contributed by atoms with Gasteiger partial charge in [0.05, 0.1) is 19.1 Å². The fourth-order valence-electron chi connectivity index (χ4n) is 3.03. The molecule has 0 aliphatic carbocycles. The zero-order valence-corrected chi connectivity index (χ0v) is 17.7. The number of rotatable bonds is 8. The van der Waals surface area contributed by atoms with Crippen LogP contribution in [-0.2, 0) is 9.84 Å². The van der Waals surface area contributed by atoms with Crippen LogP contribution in [0.25, 0.3) is 0 Å². The van der Waals surface area contributed by atoms with Gasteiger partial charge in [0.25, 0.3) is 5.91 Å². The second kappa shape index (κ2) is 9.57. The molecule has 2 aromatic carbocycles. The first kappa shape index (κ1) is 22.2. The predicted molar refractivity (Wildman–Crippen MR) is 112 cm³/mol. The van der Waals surface area contributed by atoms with Crippen LogP contribution in [0, 0.1) is 5.82 Å². The fraction of sp³-hybridized carbons (Fsp3) is 0.182. The van der Waals surface area contributed by atoms with Crippen LogP contribution in [0.1, 0.15) is 21.2 Å². The van der Waals surface area contributed by atoms with Crippen LogP contribution in [0.15, 0.2) is 71.9 Å². The molecule has 0 radical (unpaired) electrons. The number of ether oxygens (including phenoxy) is 2. The van der Waals surface area contributed by atoms with Crippen molar-refractivity contribution in [3.63, 3.8) is 0 Å². The molecule has 0 saturated heterocycles. The standard InChI is InChI=1S/C22H21FN2O5S/c1-29-19-10-5-15(12-20(19)30-2)22(26)25-14-21(16-4-3-11-24-13-16)31(27,28)18-8-6-17(23)7-9-18/h3-13,21H,14H2,1-2H3,(H,25,26). The van der Waals surface area contributed by atoms with Crippen molar-refractivity contribution in [1.29, 1.82) is 0 Å². The van der Waals surface area contributed by atoms with Gasteiger partial charge in [-0.2, -0.15) is 0 Å². The third-order valence-corrected chi connectivity index (χ3v) is 6.78. The summed E-state index contributed by atoms with van der Waals surface area (Å²) in [6.45, 7) is -0.210. The van der Waals surface area contributed by atoms with E-state index in [4.69, 9.17) is 9.47 Å². The molecule has 3 rings (SSSR count). The van der Waals surface area contributed by atoms with Crippen LogP contribution >= 0.6 is 0 Å². The molecule has 1 atom stereocenters. The Morgan fingerprint density at radius 3 is 2.39 bits per heavy atom. The SMILES string of the molecule is COc1ccc(C(=O)NCC(c2cccnc2)S(=O)(=O)c2ccc(F)cc2)cc1OC. The second-order valence-electron chi connectivity index (χ2n) is 6.55. The Bertz CT molecular complexity index is 1150. The quantitative estimate of drug-likeness (QED) is 0.537. The number of halogens is 1. The molecule has 0 aliphatic heterocycles. The highest BCUT2D eigenvalue weighted by Crippen LogP contribution is 2.29. The van der Waals surface area contributed by atoms with Crippen LogP contribution < -0.4 is 14.8 Å². The highest BCUT2D eigenvalue weighted by atomic mass is 32.2. The lowest BCUT2D eigenvalue weighted by Gasteiger charge is -2.19. The molecule has 1 heterocycles. The maximum atomic E-state index is 13.3. The summed E-state index contributed by atoms with van der Waals surface area (Å²) in [6.07, 6.45) is 2.95. The molecule has 7 nitrogen and oxygen atoms in total.